The molecule has 0 aromatic carbocycles. The number of nitrogens with zero attached hydrogens (tertiary/aromatic N) is 2. The van der Waals surface area contributed by atoms with Gasteiger partial charge in [0.25, 0.3) is 0 Å². The van der Waals surface area contributed by atoms with Crippen LogP contribution in [0.15, 0.2) is 20.7 Å². The van der Waals surface area contributed by atoms with Gasteiger partial charge in [0.1, 0.15) is 9.23 Å². The summed E-state index contributed by atoms with van der Waals surface area (Å²) in [5, 5.41) is 0. The Balaban J connectivity index is 4.11. The van der Waals surface area contributed by atoms with Crippen LogP contribution in [0.1, 0.15) is 0 Å². The van der Waals surface area contributed by atoms with Crippen LogP contribution in [0.2, 0.25) is 0 Å². The van der Waals surface area contributed by atoms with E-state index in [-0.39, 0.29) is 0 Å². The zero-order chi connectivity index (χ0) is 7.28. The summed E-state index contributed by atoms with van der Waals surface area (Å²) in [7, 11) is 1.68. The Hall–Kier alpha value is 0.0400. The molecule has 0 radical (unpaired) electrons. The van der Waals surface area contributed by atoms with Gasteiger partial charge in [-0.2, -0.15) is 0 Å². The zero-order valence-electron chi connectivity index (χ0n) is 4.93. The smallest absolute Gasteiger partial charge is 0.108 e. The van der Waals surface area contributed by atoms with Gasteiger partial charge in [0.15, 0.2) is 0 Å². The first-order valence-electron chi connectivity index (χ1n) is 2.17. The van der Waals surface area contributed by atoms with E-state index >= 15 is 0 Å². The second-order valence-corrected chi connectivity index (χ2v) is 2.80. The van der Waals surface area contributed by atoms with Gasteiger partial charge in [0.2, 0.25) is 0 Å². The summed E-state index contributed by atoms with van der Waals surface area (Å²) >= 11 is 6.31. The molecule has 0 rings (SSSR count). The third-order valence-electron chi connectivity index (χ3n) is 0.603. The van der Waals surface area contributed by atoms with Crippen molar-refractivity contribution in [2.75, 3.05) is 7.05 Å². The van der Waals surface area contributed by atoms with Crippen LogP contribution in [0.5, 0.6) is 0 Å². The van der Waals surface area contributed by atoms with Gasteiger partial charge in [-0.1, -0.05) is 0 Å². The first-order valence-corrected chi connectivity index (χ1v) is 3.75. The quantitative estimate of drug-likeness (QED) is 0.533. The molecule has 0 aromatic heterocycles. The Labute approximate surface area is 71.0 Å². The summed E-state index contributed by atoms with van der Waals surface area (Å²) in [5.74, 6) is 0. The van der Waals surface area contributed by atoms with Crippen LogP contribution in [0.25, 0.3) is 0 Å². The molecular formula is C5H6Br2N2. The van der Waals surface area contributed by atoms with Crippen LogP contribution >= 0.6 is 31.9 Å². The van der Waals surface area contributed by atoms with Crippen molar-refractivity contribution in [2.24, 2.45) is 9.98 Å². The number of halogens is 2. The Morgan fingerprint density at radius 2 is 2.11 bits per heavy atom. The fraction of sp³-hybridized carbons (Fsp3) is 0.200. The molecular weight excluding hydrogens is 248 g/mol. The zero-order valence-corrected chi connectivity index (χ0v) is 8.11. The minimum atomic E-state index is 0.667. The highest BCUT2D eigenvalue weighted by Gasteiger charge is 1.86. The molecule has 50 valence electrons. The number of aliphatic imine (C=N–C) groups is 2. The summed E-state index contributed by atoms with van der Waals surface area (Å²) in [5.41, 5.74) is 0. The average Bonchev–Trinajstić information content (AvgIpc) is 1.87. The highest BCUT2D eigenvalue weighted by atomic mass is 79.9. The van der Waals surface area contributed by atoms with E-state index in [1.165, 1.54) is 0 Å². The predicted octanol–water partition coefficient (Wildman–Crippen LogP) is 2.35. The number of allylic oxidation sites excluding steroid dienone is 1. The van der Waals surface area contributed by atoms with E-state index in [9.17, 15) is 0 Å². The molecule has 0 fully saturated rings. The van der Waals surface area contributed by atoms with Crippen molar-refractivity contribution in [1.29, 1.82) is 0 Å². The lowest BCUT2D eigenvalue weighted by Gasteiger charge is -1.85. The van der Waals surface area contributed by atoms with Crippen LogP contribution in [0.4, 0.5) is 0 Å². The third kappa shape index (κ3) is 4.54. The molecule has 0 saturated heterocycles. The highest BCUT2D eigenvalue weighted by Crippen LogP contribution is 2.06. The fourth-order valence-electron chi connectivity index (χ4n) is 0.208. The minimum absolute atomic E-state index is 0.667. The molecule has 9 heavy (non-hydrogen) atoms. The van der Waals surface area contributed by atoms with Gasteiger partial charge < -0.3 is 0 Å². The monoisotopic (exact) mass is 252 g/mol. The largest absolute Gasteiger partial charge is 0.281 e. The fourth-order valence-corrected chi connectivity index (χ4v) is 0.949. The van der Waals surface area contributed by atoms with Gasteiger partial charge in [0.05, 0.1) is 0 Å². The van der Waals surface area contributed by atoms with Crippen LogP contribution in [0, 0.1) is 0 Å². The second kappa shape index (κ2) is 4.88. The van der Waals surface area contributed by atoms with Crippen molar-refractivity contribution >= 4 is 43.2 Å². The number of hydrogen-bond donors (Lipinski definition) is 0. The maximum atomic E-state index is 3.82. The predicted molar refractivity (Wildman–Crippen MR) is 48.8 cm³/mol. The lowest BCUT2D eigenvalue weighted by atomic mass is 10.7. The van der Waals surface area contributed by atoms with Crippen LogP contribution in [-0.2, 0) is 0 Å². The Bertz CT molecular complexity index is 160. The van der Waals surface area contributed by atoms with E-state index in [4.69, 9.17) is 0 Å². The highest BCUT2D eigenvalue weighted by molar-refractivity contribution is 9.18. The standard InChI is InChI=1S/C5H6Br2N2/c1-8-4(6)3-5(7)9-2/h3H,1H2,2H3/b4-3-,9-5+. The summed E-state index contributed by atoms with van der Waals surface area (Å²) in [6.45, 7) is 3.31. The molecule has 2 nitrogen and oxygen atoms in total. The molecule has 0 aliphatic rings. The summed E-state index contributed by atoms with van der Waals surface area (Å²) in [4.78, 5) is 7.41. The molecule has 0 amide bonds. The van der Waals surface area contributed by atoms with E-state index in [2.05, 4.69) is 48.6 Å². The van der Waals surface area contributed by atoms with E-state index in [1.54, 1.807) is 13.1 Å². The molecule has 0 unspecified atom stereocenters. The van der Waals surface area contributed by atoms with E-state index in [0.29, 0.717) is 4.61 Å². The van der Waals surface area contributed by atoms with Crippen molar-refractivity contribution < 1.29 is 0 Å². The van der Waals surface area contributed by atoms with Gasteiger partial charge in [-0.15, -0.1) is 0 Å². The third-order valence-corrected chi connectivity index (χ3v) is 1.67. The summed E-state index contributed by atoms with van der Waals surface area (Å²) < 4.78 is 1.40. The number of rotatable bonds is 2. The van der Waals surface area contributed by atoms with Gasteiger partial charge in [-0.05, 0) is 38.6 Å². The lowest BCUT2D eigenvalue weighted by Crippen LogP contribution is -1.77. The Kier molecular flexibility index (Phi) is 4.90. The number of hydrogen-bond acceptors (Lipinski definition) is 2. The normalized spacial score (nSPS) is 13.7. The van der Waals surface area contributed by atoms with E-state index < -0.39 is 0 Å². The second-order valence-electron chi connectivity index (χ2n) is 1.17. The van der Waals surface area contributed by atoms with Gasteiger partial charge in [-0.25, -0.2) is 0 Å². The van der Waals surface area contributed by atoms with Crippen molar-refractivity contribution in [3.05, 3.63) is 10.7 Å². The summed E-state index contributed by atoms with van der Waals surface area (Å²) in [6.07, 6.45) is 1.72. The van der Waals surface area contributed by atoms with Crippen molar-refractivity contribution in [3.63, 3.8) is 0 Å². The van der Waals surface area contributed by atoms with Crippen molar-refractivity contribution in [2.45, 2.75) is 0 Å². The van der Waals surface area contributed by atoms with Crippen molar-refractivity contribution in [1.82, 2.24) is 0 Å². The topological polar surface area (TPSA) is 24.7 Å². The minimum Gasteiger partial charge on any atom is -0.281 e. The van der Waals surface area contributed by atoms with Gasteiger partial charge >= 0.3 is 0 Å². The molecule has 0 spiro atoms. The van der Waals surface area contributed by atoms with Crippen LogP contribution in [0.3, 0.4) is 0 Å². The average molecular weight is 254 g/mol. The molecule has 0 N–H and O–H groups in total. The van der Waals surface area contributed by atoms with Gasteiger partial charge in [0, 0.05) is 13.1 Å². The molecule has 0 bridgehead atoms. The van der Waals surface area contributed by atoms with Crippen LogP contribution in [-0.4, -0.2) is 18.4 Å². The lowest BCUT2D eigenvalue weighted by molar-refractivity contribution is 1.46. The first-order chi connectivity index (χ1) is 4.20. The molecule has 0 aliphatic heterocycles. The Morgan fingerprint density at radius 3 is 2.44 bits per heavy atom. The molecule has 0 heterocycles. The maximum Gasteiger partial charge on any atom is 0.108 e. The Morgan fingerprint density at radius 1 is 1.56 bits per heavy atom. The molecule has 0 saturated carbocycles. The van der Waals surface area contributed by atoms with E-state index in [0.717, 1.165) is 4.62 Å². The van der Waals surface area contributed by atoms with Crippen LogP contribution < -0.4 is 0 Å². The van der Waals surface area contributed by atoms with Crippen molar-refractivity contribution in [3.8, 4) is 0 Å². The maximum absolute atomic E-state index is 3.82. The summed E-state index contributed by atoms with van der Waals surface area (Å²) in [6, 6.07) is 0. The molecule has 0 aliphatic carbocycles. The first kappa shape index (κ1) is 9.04. The molecule has 0 atom stereocenters. The molecule has 4 heteroatoms. The van der Waals surface area contributed by atoms with E-state index in [1.807, 2.05) is 0 Å². The van der Waals surface area contributed by atoms with Gasteiger partial charge in [-0.3, -0.25) is 9.98 Å². The SMILES string of the molecule is C=N/C(Br)=C\C(Br)=N/C. The molecule has 0 aromatic rings.